The second kappa shape index (κ2) is 8.40. The van der Waals surface area contributed by atoms with Gasteiger partial charge in [-0.25, -0.2) is 4.79 Å². The number of amides is 4. The van der Waals surface area contributed by atoms with Crippen molar-refractivity contribution in [3.05, 3.63) is 29.3 Å². The van der Waals surface area contributed by atoms with Gasteiger partial charge in [-0.1, -0.05) is 24.4 Å². The number of urea groups is 1. The fraction of sp³-hybridized carbons (Fsp3) is 0.500. The van der Waals surface area contributed by atoms with Gasteiger partial charge in [0, 0.05) is 29.8 Å². The van der Waals surface area contributed by atoms with Gasteiger partial charge in [-0.15, -0.1) is 0 Å². The van der Waals surface area contributed by atoms with Crippen LogP contribution in [0.1, 0.15) is 25.7 Å². The zero-order chi connectivity index (χ0) is 18.5. The highest BCUT2D eigenvalue weighted by atomic mass is 35.5. The number of rotatable bonds is 4. The molecule has 0 aromatic heterocycles. The first-order valence-electron chi connectivity index (χ1n) is 8.90. The smallest absolute Gasteiger partial charge is 0.322 e. The van der Waals surface area contributed by atoms with Crippen molar-refractivity contribution in [1.82, 2.24) is 15.1 Å². The number of hydrogen-bond acceptors (Lipinski definition) is 3. The Morgan fingerprint density at radius 2 is 1.81 bits per heavy atom. The number of hydrogen-bond donors (Lipinski definition) is 2. The van der Waals surface area contributed by atoms with Crippen molar-refractivity contribution in [2.75, 3.05) is 31.5 Å². The van der Waals surface area contributed by atoms with E-state index in [1.807, 2.05) is 0 Å². The first kappa shape index (κ1) is 18.5. The highest BCUT2D eigenvalue weighted by Crippen LogP contribution is 2.18. The molecule has 3 rings (SSSR count). The Labute approximate surface area is 157 Å². The maximum Gasteiger partial charge on any atom is 0.322 e. The highest BCUT2D eigenvalue weighted by molar-refractivity contribution is 6.30. The molecule has 2 fully saturated rings. The Balaban J connectivity index is 1.46. The number of benzene rings is 1. The summed E-state index contributed by atoms with van der Waals surface area (Å²) in [5.41, 5.74) is 0.616. The average Bonchev–Trinajstić information content (AvgIpc) is 3.11. The molecule has 1 aromatic rings. The van der Waals surface area contributed by atoms with E-state index in [2.05, 4.69) is 10.6 Å². The molecule has 1 aromatic carbocycles. The summed E-state index contributed by atoms with van der Waals surface area (Å²) >= 11 is 5.82. The minimum absolute atomic E-state index is 0.0316. The Bertz CT molecular complexity index is 674. The highest BCUT2D eigenvalue weighted by Gasteiger charge is 2.29. The van der Waals surface area contributed by atoms with E-state index < -0.39 is 0 Å². The number of carbonyl (C=O) groups is 3. The fourth-order valence-electron chi connectivity index (χ4n) is 3.30. The van der Waals surface area contributed by atoms with Crippen LogP contribution >= 0.6 is 11.6 Å². The van der Waals surface area contributed by atoms with Gasteiger partial charge in [-0.3, -0.25) is 9.59 Å². The second-order valence-electron chi connectivity index (χ2n) is 6.72. The molecule has 8 heteroatoms. The predicted molar refractivity (Wildman–Crippen MR) is 99.0 cm³/mol. The molecule has 1 heterocycles. The van der Waals surface area contributed by atoms with Crippen molar-refractivity contribution in [3.63, 3.8) is 0 Å². The molecule has 140 valence electrons. The molecule has 0 radical (unpaired) electrons. The summed E-state index contributed by atoms with van der Waals surface area (Å²) in [7, 11) is 0. The van der Waals surface area contributed by atoms with Crippen LogP contribution in [0.5, 0.6) is 0 Å². The molecule has 0 atom stereocenters. The minimum Gasteiger partial charge on any atom is -0.352 e. The zero-order valence-electron chi connectivity index (χ0n) is 14.5. The quantitative estimate of drug-likeness (QED) is 0.841. The lowest BCUT2D eigenvalue weighted by Gasteiger charge is -2.34. The van der Waals surface area contributed by atoms with Crippen molar-refractivity contribution in [3.8, 4) is 0 Å². The normalized spacial score (nSPS) is 18.1. The second-order valence-corrected chi connectivity index (χ2v) is 7.16. The van der Waals surface area contributed by atoms with Crippen LogP contribution in [0.2, 0.25) is 5.02 Å². The summed E-state index contributed by atoms with van der Waals surface area (Å²) in [5.74, 6) is -0.339. The summed E-state index contributed by atoms with van der Waals surface area (Å²) in [6.45, 7) is 0.769. The molecule has 2 N–H and O–H groups in total. The molecule has 0 bridgehead atoms. The van der Waals surface area contributed by atoms with Gasteiger partial charge in [0.25, 0.3) is 0 Å². The molecule has 0 spiro atoms. The molecule has 4 amide bonds. The van der Waals surface area contributed by atoms with Crippen LogP contribution in [-0.4, -0.2) is 59.9 Å². The van der Waals surface area contributed by atoms with Gasteiger partial charge < -0.3 is 20.4 Å². The number of anilines is 1. The maximum absolute atomic E-state index is 12.3. The third-order valence-corrected chi connectivity index (χ3v) is 5.01. The Hall–Kier alpha value is -2.28. The number of carbonyl (C=O) groups excluding carboxylic acids is 3. The molecule has 1 saturated carbocycles. The van der Waals surface area contributed by atoms with Gasteiger partial charge in [0.15, 0.2) is 0 Å². The van der Waals surface area contributed by atoms with E-state index >= 15 is 0 Å². The van der Waals surface area contributed by atoms with Gasteiger partial charge in [-0.05, 0) is 37.1 Å². The first-order chi connectivity index (χ1) is 12.5. The van der Waals surface area contributed by atoms with Gasteiger partial charge in [0.2, 0.25) is 11.8 Å². The van der Waals surface area contributed by atoms with Crippen molar-refractivity contribution in [2.24, 2.45) is 0 Å². The van der Waals surface area contributed by atoms with Crippen LogP contribution in [0.15, 0.2) is 24.3 Å². The minimum atomic E-state index is -0.337. The van der Waals surface area contributed by atoms with Crippen LogP contribution in [-0.2, 0) is 9.59 Å². The van der Waals surface area contributed by atoms with Crippen LogP contribution in [0.25, 0.3) is 0 Å². The summed E-state index contributed by atoms with van der Waals surface area (Å²) in [6.07, 6.45) is 4.31. The van der Waals surface area contributed by atoms with E-state index in [0.717, 1.165) is 25.7 Å². The van der Waals surface area contributed by atoms with Crippen molar-refractivity contribution in [2.45, 2.75) is 31.7 Å². The standard InChI is InChI=1S/C18H23ClN4O3/c19-13-5-7-15(8-6-13)21-18(26)23-10-9-22(17(25)12-23)11-16(24)20-14-3-1-2-4-14/h5-8,14H,1-4,9-12H2,(H,20,24)(H,21,26). The molecule has 0 unspecified atom stereocenters. The van der Waals surface area contributed by atoms with Crippen LogP contribution in [0.3, 0.4) is 0 Å². The molecular formula is C18H23ClN4O3. The Morgan fingerprint density at radius 1 is 1.12 bits per heavy atom. The summed E-state index contributed by atoms with van der Waals surface area (Å²) in [6, 6.07) is 6.67. The Morgan fingerprint density at radius 3 is 2.46 bits per heavy atom. The lowest BCUT2D eigenvalue weighted by atomic mass is 10.2. The summed E-state index contributed by atoms with van der Waals surface area (Å²) < 4.78 is 0. The SMILES string of the molecule is O=C(CN1CCN(C(=O)Nc2ccc(Cl)cc2)CC1=O)NC1CCCC1. The molecule has 2 aliphatic rings. The van der Waals surface area contributed by atoms with E-state index in [4.69, 9.17) is 11.6 Å². The van der Waals surface area contributed by atoms with E-state index in [-0.39, 0.29) is 37.0 Å². The number of piperazine rings is 1. The van der Waals surface area contributed by atoms with E-state index in [9.17, 15) is 14.4 Å². The van der Waals surface area contributed by atoms with Crippen LogP contribution in [0.4, 0.5) is 10.5 Å². The largest absolute Gasteiger partial charge is 0.352 e. The van der Waals surface area contributed by atoms with Gasteiger partial charge in [0.05, 0.1) is 6.54 Å². The van der Waals surface area contributed by atoms with Crippen LogP contribution in [0, 0.1) is 0 Å². The first-order valence-corrected chi connectivity index (χ1v) is 9.28. The summed E-state index contributed by atoms with van der Waals surface area (Å²) in [4.78, 5) is 39.6. The van der Waals surface area contributed by atoms with E-state index in [0.29, 0.717) is 23.8 Å². The molecular weight excluding hydrogens is 356 g/mol. The summed E-state index contributed by atoms with van der Waals surface area (Å²) in [5, 5.41) is 6.31. The monoisotopic (exact) mass is 378 g/mol. The average molecular weight is 379 g/mol. The maximum atomic E-state index is 12.3. The van der Waals surface area contributed by atoms with E-state index in [1.54, 1.807) is 24.3 Å². The van der Waals surface area contributed by atoms with Crippen molar-refractivity contribution in [1.29, 1.82) is 0 Å². The number of nitrogens with one attached hydrogen (secondary N) is 2. The van der Waals surface area contributed by atoms with Crippen molar-refractivity contribution >= 4 is 35.1 Å². The van der Waals surface area contributed by atoms with Gasteiger partial charge >= 0.3 is 6.03 Å². The molecule has 1 aliphatic carbocycles. The zero-order valence-corrected chi connectivity index (χ0v) is 15.3. The fourth-order valence-corrected chi connectivity index (χ4v) is 3.43. The molecule has 7 nitrogen and oxygen atoms in total. The van der Waals surface area contributed by atoms with Gasteiger partial charge in [-0.2, -0.15) is 0 Å². The lowest BCUT2D eigenvalue weighted by molar-refractivity contribution is -0.139. The molecule has 1 saturated heterocycles. The Kier molecular flexibility index (Phi) is 5.98. The van der Waals surface area contributed by atoms with Gasteiger partial charge in [0.1, 0.15) is 6.54 Å². The predicted octanol–water partition coefficient (Wildman–Crippen LogP) is 2.07. The number of nitrogens with zero attached hydrogens (tertiary/aromatic N) is 2. The lowest BCUT2D eigenvalue weighted by Crippen LogP contribution is -2.55. The third kappa shape index (κ3) is 4.88. The van der Waals surface area contributed by atoms with E-state index in [1.165, 1.54) is 9.80 Å². The van der Waals surface area contributed by atoms with Crippen molar-refractivity contribution < 1.29 is 14.4 Å². The third-order valence-electron chi connectivity index (χ3n) is 4.76. The molecule has 26 heavy (non-hydrogen) atoms. The topological polar surface area (TPSA) is 81.8 Å². The van der Waals surface area contributed by atoms with Crippen LogP contribution < -0.4 is 10.6 Å². The molecule has 1 aliphatic heterocycles. The number of halogens is 1.